The second-order valence-electron chi connectivity index (χ2n) is 4.94. The molecule has 0 spiro atoms. The summed E-state index contributed by atoms with van der Waals surface area (Å²) >= 11 is 0. The molecule has 1 aliphatic heterocycles. The largest absolute Gasteiger partial charge is 0.481 e. The average molecular weight is 248 g/mol. The quantitative estimate of drug-likeness (QED) is 0.889. The molecule has 4 heteroatoms. The number of carbonyl (C=O) groups is 1. The number of aromatic nitrogens is 1. The highest BCUT2D eigenvalue weighted by molar-refractivity contribution is 5.67. The maximum atomic E-state index is 10.9. The van der Waals surface area contributed by atoms with E-state index in [1.165, 1.54) is 5.56 Å². The highest BCUT2D eigenvalue weighted by Gasteiger charge is 2.28. The van der Waals surface area contributed by atoms with E-state index in [9.17, 15) is 4.79 Å². The van der Waals surface area contributed by atoms with Gasteiger partial charge in [-0.25, -0.2) is 0 Å². The number of aliphatic carboxylic acids is 1. The molecule has 1 aliphatic rings. The van der Waals surface area contributed by atoms with Gasteiger partial charge in [-0.1, -0.05) is 6.42 Å². The monoisotopic (exact) mass is 248 g/mol. The van der Waals surface area contributed by atoms with E-state index < -0.39 is 5.97 Å². The fourth-order valence-electron chi connectivity index (χ4n) is 2.79. The third kappa shape index (κ3) is 3.07. The van der Waals surface area contributed by atoms with Crippen molar-refractivity contribution >= 4 is 5.97 Å². The molecule has 1 aromatic rings. The second-order valence-corrected chi connectivity index (χ2v) is 4.94. The third-order valence-corrected chi connectivity index (χ3v) is 3.77. The van der Waals surface area contributed by atoms with E-state index in [1.807, 2.05) is 12.1 Å². The molecule has 0 aromatic carbocycles. The molecule has 0 saturated carbocycles. The van der Waals surface area contributed by atoms with Gasteiger partial charge >= 0.3 is 5.97 Å². The van der Waals surface area contributed by atoms with Gasteiger partial charge in [0.1, 0.15) is 0 Å². The Morgan fingerprint density at radius 2 is 2.22 bits per heavy atom. The first-order valence-electron chi connectivity index (χ1n) is 6.56. The van der Waals surface area contributed by atoms with E-state index in [-0.39, 0.29) is 18.5 Å². The number of carboxylic acid groups (broad SMARTS) is 1. The number of piperidine rings is 1. The van der Waals surface area contributed by atoms with Crippen molar-refractivity contribution in [1.82, 2.24) is 9.88 Å². The first-order chi connectivity index (χ1) is 8.68. The van der Waals surface area contributed by atoms with Crippen LogP contribution in [0.3, 0.4) is 0 Å². The highest BCUT2D eigenvalue weighted by atomic mass is 16.4. The number of rotatable bonds is 4. The molecule has 1 aromatic heterocycles. The van der Waals surface area contributed by atoms with Gasteiger partial charge in [0.15, 0.2) is 0 Å². The average Bonchev–Trinajstić information content (AvgIpc) is 2.39. The van der Waals surface area contributed by atoms with Crippen LogP contribution in [0.4, 0.5) is 0 Å². The molecule has 98 valence electrons. The van der Waals surface area contributed by atoms with Crippen LogP contribution in [-0.4, -0.2) is 33.5 Å². The zero-order chi connectivity index (χ0) is 13.0. The maximum absolute atomic E-state index is 10.9. The van der Waals surface area contributed by atoms with Gasteiger partial charge in [0, 0.05) is 24.5 Å². The fourth-order valence-corrected chi connectivity index (χ4v) is 2.79. The van der Waals surface area contributed by atoms with Gasteiger partial charge in [-0.3, -0.25) is 14.7 Å². The Morgan fingerprint density at radius 3 is 2.89 bits per heavy atom. The van der Waals surface area contributed by atoms with Crippen molar-refractivity contribution in [1.29, 1.82) is 0 Å². The van der Waals surface area contributed by atoms with E-state index in [1.54, 1.807) is 12.4 Å². The fraction of sp³-hybridized carbons (Fsp3) is 0.571. The molecule has 0 aliphatic carbocycles. The van der Waals surface area contributed by atoms with Gasteiger partial charge in [0.05, 0.1) is 6.42 Å². The minimum atomic E-state index is -0.700. The second kappa shape index (κ2) is 5.96. The van der Waals surface area contributed by atoms with Gasteiger partial charge in [0.25, 0.3) is 0 Å². The Balaban J connectivity index is 2.11. The zero-order valence-electron chi connectivity index (χ0n) is 10.7. The summed E-state index contributed by atoms with van der Waals surface area (Å²) in [5, 5.41) is 9.00. The lowest BCUT2D eigenvalue weighted by Crippen LogP contribution is -2.42. The minimum Gasteiger partial charge on any atom is -0.481 e. The van der Waals surface area contributed by atoms with Crippen LogP contribution < -0.4 is 0 Å². The van der Waals surface area contributed by atoms with Gasteiger partial charge < -0.3 is 5.11 Å². The maximum Gasteiger partial charge on any atom is 0.304 e. The Labute approximate surface area is 108 Å². The number of hydrogen-bond donors (Lipinski definition) is 1. The number of carboxylic acids is 1. The van der Waals surface area contributed by atoms with E-state index in [4.69, 9.17) is 5.11 Å². The van der Waals surface area contributed by atoms with Crippen molar-refractivity contribution in [3.8, 4) is 0 Å². The molecule has 2 rings (SSSR count). The number of pyridine rings is 1. The number of likely N-dealkylation sites (tertiary alicyclic amines) is 1. The van der Waals surface area contributed by atoms with Crippen LogP contribution in [0.1, 0.15) is 44.2 Å². The molecule has 0 bridgehead atoms. The van der Waals surface area contributed by atoms with Gasteiger partial charge in [0.2, 0.25) is 0 Å². The Kier molecular flexibility index (Phi) is 4.31. The topological polar surface area (TPSA) is 53.4 Å². The lowest BCUT2D eigenvalue weighted by molar-refractivity contribution is -0.139. The summed E-state index contributed by atoms with van der Waals surface area (Å²) in [5.41, 5.74) is 1.21. The predicted molar refractivity (Wildman–Crippen MR) is 69.2 cm³/mol. The zero-order valence-corrected chi connectivity index (χ0v) is 10.7. The molecule has 1 saturated heterocycles. The van der Waals surface area contributed by atoms with E-state index >= 15 is 0 Å². The van der Waals surface area contributed by atoms with Crippen LogP contribution in [0.25, 0.3) is 0 Å². The molecule has 1 fully saturated rings. The van der Waals surface area contributed by atoms with Crippen LogP contribution in [-0.2, 0) is 4.79 Å². The van der Waals surface area contributed by atoms with E-state index in [0.29, 0.717) is 0 Å². The van der Waals surface area contributed by atoms with Crippen molar-refractivity contribution in [3.63, 3.8) is 0 Å². The highest BCUT2D eigenvalue weighted by Crippen LogP contribution is 2.29. The molecule has 2 heterocycles. The molecule has 18 heavy (non-hydrogen) atoms. The first-order valence-corrected chi connectivity index (χ1v) is 6.56. The van der Waals surface area contributed by atoms with Crippen molar-refractivity contribution in [2.75, 3.05) is 6.54 Å². The Bertz CT molecular complexity index is 394. The summed E-state index contributed by atoms with van der Waals surface area (Å²) in [6, 6.07) is 4.45. The Morgan fingerprint density at radius 1 is 1.50 bits per heavy atom. The predicted octanol–water partition coefficient (Wildman–Crippen LogP) is 2.47. The minimum absolute atomic E-state index is 0.166. The molecular weight excluding hydrogens is 228 g/mol. The summed E-state index contributed by atoms with van der Waals surface area (Å²) < 4.78 is 0. The molecular formula is C14H20N2O2. The van der Waals surface area contributed by atoms with Crippen LogP contribution in [0.15, 0.2) is 24.5 Å². The molecule has 4 nitrogen and oxygen atoms in total. The van der Waals surface area contributed by atoms with Crippen molar-refractivity contribution in [2.45, 2.75) is 44.7 Å². The lowest BCUT2D eigenvalue weighted by Gasteiger charge is -2.39. The SMILES string of the molecule is CC(c1ccncc1)N1CCCCC1CC(=O)O. The van der Waals surface area contributed by atoms with Gasteiger partial charge in [-0.05, 0) is 44.0 Å². The van der Waals surface area contributed by atoms with Gasteiger partial charge in [-0.15, -0.1) is 0 Å². The normalized spacial score (nSPS) is 22.6. The van der Waals surface area contributed by atoms with Crippen molar-refractivity contribution in [2.24, 2.45) is 0 Å². The molecule has 1 N–H and O–H groups in total. The van der Waals surface area contributed by atoms with Crippen molar-refractivity contribution in [3.05, 3.63) is 30.1 Å². The van der Waals surface area contributed by atoms with Crippen molar-refractivity contribution < 1.29 is 9.90 Å². The molecule has 2 unspecified atom stereocenters. The van der Waals surface area contributed by atoms with Crippen LogP contribution in [0.5, 0.6) is 0 Å². The van der Waals surface area contributed by atoms with Crippen LogP contribution in [0.2, 0.25) is 0 Å². The van der Waals surface area contributed by atoms with E-state index in [0.717, 1.165) is 25.8 Å². The molecule has 0 radical (unpaired) electrons. The van der Waals surface area contributed by atoms with E-state index in [2.05, 4.69) is 16.8 Å². The number of hydrogen-bond acceptors (Lipinski definition) is 3. The summed E-state index contributed by atoms with van der Waals surface area (Å²) in [4.78, 5) is 17.3. The molecule has 0 amide bonds. The van der Waals surface area contributed by atoms with Gasteiger partial charge in [-0.2, -0.15) is 0 Å². The summed E-state index contributed by atoms with van der Waals surface area (Å²) in [7, 11) is 0. The summed E-state index contributed by atoms with van der Waals surface area (Å²) in [6.07, 6.45) is 7.12. The lowest BCUT2D eigenvalue weighted by atomic mass is 9.95. The Hall–Kier alpha value is -1.42. The van der Waals surface area contributed by atoms with Crippen LogP contribution in [0, 0.1) is 0 Å². The van der Waals surface area contributed by atoms with Crippen LogP contribution >= 0.6 is 0 Å². The first kappa shape index (κ1) is 13.0. The third-order valence-electron chi connectivity index (χ3n) is 3.77. The summed E-state index contributed by atoms with van der Waals surface area (Å²) in [5.74, 6) is -0.700. The molecule has 2 atom stereocenters. The summed E-state index contributed by atoms with van der Waals surface area (Å²) in [6.45, 7) is 3.14. The smallest absolute Gasteiger partial charge is 0.304 e. The number of nitrogens with zero attached hydrogens (tertiary/aromatic N) is 2. The standard InChI is InChI=1S/C14H20N2O2/c1-11(12-5-7-15-8-6-12)16-9-3-2-4-13(16)10-14(17)18/h5-8,11,13H,2-4,9-10H2,1H3,(H,17,18).